The molecule has 2 aromatic rings. The van der Waals surface area contributed by atoms with Crippen molar-refractivity contribution in [2.24, 2.45) is 0 Å². The predicted octanol–water partition coefficient (Wildman–Crippen LogP) is 5.99. The first-order valence-corrected chi connectivity index (χ1v) is 8.30. The van der Waals surface area contributed by atoms with E-state index in [0.29, 0.717) is 0 Å². The Labute approximate surface area is 143 Å². The van der Waals surface area contributed by atoms with Gasteiger partial charge in [0.25, 0.3) is 0 Å². The lowest BCUT2D eigenvalue weighted by atomic mass is 9.79. The number of fused-ring (bicyclic) bond motifs is 1. The van der Waals surface area contributed by atoms with Crippen molar-refractivity contribution in [3.05, 3.63) is 131 Å². The highest BCUT2D eigenvalue weighted by atomic mass is 14.3. The van der Waals surface area contributed by atoms with Crippen LogP contribution in [0.15, 0.2) is 108 Å². The fourth-order valence-electron chi connectivity index (χ4n) is 3.25. The van der Waals surface area contributed by atoms with Crippen molar-refractivity contribution < 1.29 is 0 Å². The number of allylic oxidation sites excluding steroid dienone is 9. The fraction of sp³-hybridized carbons (Fsp3) is 0.0417. The summed E-state index contributed by atoms with van der Waals surface area (Å²) in [5.41, 5.74) is 7.62. The molecule has 0 heterocycles. The largest absolute Gasteiger partial charge is 0.0735 e. The normalized spacial score (nSPS) is 17.5. The lowest BCUT2D eigenvalue weighted by Crippen LogP contribution is -2.08. The summed E-state index contributed by atoms with van der Waals surface area (Å²) in [5.74, 6) is 1.29. The monoisotopic (exact) mass is 307 g/mol. The van der Waals surface area contributed by atoms with Gasteiger partial charge >= 0.3 is 0 Å². The van der Waals surface area contributed by atoms with E-state index >= 15 is 0 Å². The quantitative estimate of drug-likeness (QED) is 0.597. The van der Waals surface area contributed by atoms with Gasteiger partial charge in [0.05, 0.1) is 17.1 Å². The summed E-state index contributed by atoms with van der Waals surface area (Å²) in [6.45, 7) is 2.13. The molecule has 4 rings (SSSR count). The number of benzene rings is 2. The lowest BCUT2D eigenvalue weighted by molar-refractivity contribution is 1.26. The Hall–Kier alpha value is -2.99. The maximum atomic E-state index is 2.23. The molecule has 114 valence electrons. The third-order valence-corrected chi connectivity index (χ3v) is 4.46. The second-order valence-electron chi connectivity index (χ2n) is 6.13. The first kappa shape index (κ1) is 14.6. The van der Waals surface area contributed by atoms with E-state index in [1.54, 1.807) is 0 Å². The third kappa shape index (κ3) is 2.68. The Bertz CT molecular complexity index is 885. The van der Waals surface area contributed by atoms with Gasteiger partial charge in [-0.2, -0.15) is 0 Å². The van der Waals surface area contributed by atoms with E-state index in [1.165, 1.54) is 39.3 Å². The third-order valence-electron chi connectivity index (χ3n) is 4.46. The molecule has 0 nitrogen and oxygen atoms in total. The lowest BCUT2D eigenvalue weighted by Gasteiger charge is -2.19. The molecule has 0 atom stereocenters. The van der Waals surface area contributed by atoms with E-state index in [2.05, 4.69) is 104 Å². The van der Waals surface area contributed by atoms with E-state index in [1.807, 2.05) is 0 Å². The van der Waals surface area contributed by atoms with Crippen LogP contribution in [-0.2, 0) is 0 Å². The Morgan fingerprint density at radius 3 is 2.29 bits per heavy atom. The van der Waals surface area contributed by atoms with E-state index in [4.69, 9.17) is 0 Å². The molecule has 2 aromatic carbocycles. The molecule has 0 bridgehead atoms. The van der Waals surface area contributed by atoms with E-state index in [-0.39, 0.29) is 0 Å². The minimum Gasteiger partial charge on any atom is -0.0622 e. The van der Waals surface area contributed by atoms with Crippen molar-refractivity contribution in [1.29, 1.82) is 0 Å². The molecule has 0 radical (unpaired) electrons. The average Bonchev–Trinajstić information content (AvgIpc) is 2.65. The highest BCUT2D eigenvalue weighted by molar-refractivity contribution is 5.88. The van der Waals surface area contributed by atoms with E-state index < -0.39 is 0 Å². The summed E-state index contributed by atoms with van der Waals surface area (Å²) in [4.78, 5) is 0. The molecule has 24 heavy (non-hydrogen) atoms. The molecule has 0 N–H and O–H groups in total. The van der Waals surface area contributed by atoms with Gasteiger partial charge in [-0.15, -0.1) is 0 Å². The Kier molecular flexibility index (Phi) is 3.80. The van der Waals surface area contributed by atoms with Crippen molar-refractivity contribution in [1.82, 2.24) is 0 Å². The molecular weight excluding hydrogens is 288 g/mol. The van der Waals surface area contributed by atoms with Gasteiger partial charge in [0, 0.05) is 41.0 Å². The Morgan fingerprint density at radius 2 is 1.50 bits per heavy atom. The van der Waals surface area contributed by atoms with Gasteiger partial charge in [0.2, 0.25) is 0 Å². The van der Waals surface area contributed by atoms with Crippen LogP contribution in [0.3, 0.4) is 0 Å². The topological polar surface area (TPSA) is 0 Å². The maximum absolute atomic E-state index is 2.23. The van der Waals surface area contributed by atoms with Crippen LogP contribution in [0.4, 0.5) is 0 Å². The molecule has 2 aliphatic carbocycles. The SMILES string of the molecule is Cc1ccc(/C(=C2\C=CC=C3C=CC=C[C+]32)c2ccccc2)cc1. The molecular formula is C24H19+. The first-order valence-electron chi connectivity index (χ1n) is 8.30. The van der Waals surface area contributed by atoms with Gasteiger partial charge in [-0.25, -0.2) is 0 Å². The van der Waals surface area contributed by atoms with Crippen LogP contribution in [0, 0.1) is 12.8 Å². The zero-order valence-corrected chi connectivity index (χ0v) is 13.7. The minimum absolute atomic E-state index is 1.25. The average molecular weight is 307 g/mol. The summed E-state index contributed by atoms with van der Waals surface area (Å²) in [6.07, 6.45) is 15.2. The molecule has 0 unspecified atom stereocenters. The van der Waals surface area contributed by atoms with Crippen LogP contribution in [0.25, 0.3) is 5.57 Å². The van der Waals surface area contributed by atoms with Crippen LogP contribution in [0.5, 0.6) is 0 Å². The summed E-state index contributed by atoms with van der Waals surface area (Å²) in [5, 5.41) is 0. The van der Waals surface area contributed by atoms with Crippen LogP contribution < -0.4 is 0 Å². The molecule has 2 aliphatic rings. The Balaban J connectivity index is 1.94. The standard InChI is InChI=1S/C24H19/c1-18-14-16-21(17-15-18)24(20-9-3-2-4-10-20)23-13-7-11-19-8-5-6-12-22(19)23/h2-17H,1H3/q+1/b24-23+. The van der Waals surface area contributed by atoms with E-state index in [9.17, 15) is 0 Å². The van der Waals surface area contributed by atoms with Gasteiger partial charge in [0.15, 0.2) is 0 Å². The van der Waals surface area contributed by atoms with Crippen molar-refractivity contribution >= 4 is 5.57 Å². The maximum Gasteiger partial charge on any atom is 0.0735 e. The fourth-order valence-corrected chi connectivity index (χ4v) is 3.25. The zero-order valence-electron chi connectivity index (χ0n) is 13.7. The Morgan fingerprint density at radius 1 is 0.750 bits per heavy atom. The highest BCUT2D eigenvalue weighted by Gasteiger charge is 2.28. The second kappa shape index (κ2) is 6.25. The number of aryl methyl sites for hydroxylation is 1. The van der Waals surface area contributed by atoms with Gasteiger partial charge in [-0.05, 0) is 49.4 Å². The molecule has 0 spiro atoms. The number of rotatable bonds is 2. The number of hydrogen-bond acceptors (Lipinski definition) is 0. The summed E-state index contributed by atoms with van der Waals surface area (Å²) in [6, 6.07) is 19.5. The van der Waals surface area contributed by atoms with Gasteiger partial charge in [0.1, 0.15) is 0 Å². The summed E-state index contributed by atoms with van der Waals surface area (Å²) < 4.78 is 0. The van der Waals surface area contributed by atoms with Crippen molar-refractivity contribution in [3.8, 4) is 0 Å². The molecule has 0 fully saturated rings. The van der Waals surface area contributed by atoms with Gasteiger partial charge in [-0.3, -0.25) is 0 Å². The molecule has 0 aliphatic heterocycles. The van der Waals surface area contributed by atoms with Crippen LogP contribution in [0.1, 0.15) is 16.7 Å². The van der Waals surface area contributed by atoms with Gasteiger partial charge in [-0.1, -0.05) is 35.9 Å². The summed E-state index contributed by atoms with van der Waals surface area (Å²) in [7, 11) is 0. The van der Waals surface area contributed by atoms with Crippen molar-refractivity contribution in [3.63, 3.8) is 0 Å². The molecule has 0 saturated heterocycles. The zero-order chi connectivity index (χ0) is 16.4. The van der Waals surface area contributed by atoms with Crippen molar-refractivity contribution in [2.75, 3.05) is 0 Å². The number of hydrogen-bond donors (Lipinski definition) is 0. The molecule has 0 saturated carbocycles. The highest BCUT2D eigenvalue weighted by Crippen LogP contribution is 2.39. The van der Waals surface area contributed by atoms with Crippen LogP contribution >= 0.6 is 0 Å². The molecule has 0 aromatic heterocycles. The predicted molar refractivity (Wildman–Crippen MR) is 102 cm³/mol. The van der Waals surface area contributed by atoms with E-state index in [0.717, 1.165) is 0 Å². The first-order chi connectivity index (χ1) is 11.8. The van der Waals surface area contributed by atoms with Gasteiger partial charge < -0.3 is 0 Å². The second-order valence-corrected chi connectivity index (χ2v) is 6.13. The van der Waals surface area contributed by atoms with Crippen LogP contribution in [0.2, 0.25) is 0 Å². The van der Waals surface area contributed by atoms with Crippen LogP contribution in [-0.4, -0.2) is 0 Å². The smallest absolute Gasteiger partial charge is 0.0622 e. The summed E-state index contributed by atoms with van der Waals surface area (Å²) >= 11 is 0. The molecule has 0 amide bonds. The minimum atomic E-state index is 1.25. The van der Waals surface area contributed by atoms with Crippen molar-refractivity contribution in [2.45, 2.75) is 6.92 Å². The molecule has 0 heteroatoms.